The first-order valence-corrected chi connectivity index (χ1v) is 13.2. The zero-order chi connectivity index (χ0) is 23.3. The minimum absolute atomic E-state index is 0.290. The molecule has 174 valence electrons. The fourth-order valence-corrected chi connectivity index (χ4v) is 5.58. The van der Waals surface area contributed by atoms with Crippen LogP contribution in [-0.2, 0) is 20.6 Å². The van der Waals surface area contributed by atoms with E-state index >= 15 is 0 Å². The van der Waals surface area contributed by atoms with Crippen LogP contribution in [0.2, 0.25) is 5.02 Å². The highest BCUT2D eigenvalue weighted by Crippen LogP contribution is 2.35. The molecule has 0 saturated heterocycles. The lowest BCUT2D eigenvalue weighted by Crippen LogP contribution is -2.48. The summed E-state index contributed by atoms with van der Waals surface area (Å²) in [7, 11) is -3.75. The van der Waals surface area contributed by atoms with Crippen LogP contribution in [0.25, 0.3) is 0 Å². The summed E-state index contributed by atoms with van der Waals surface area (Å²) in [6.07, 6.45) is 1.04. The van der Waals surface area contributed by atoms with E-state index in [1.54, 1.807) is 30.3 Å². The average Bonchev–Trinajstić information content (AvgIpc) is 2.74. The Morgan fingerprint density at radius 3 is 2.66 bits per heavy atom. The Hall–Kier alpha value is -2.17. The number of amides is 1. The number of anilines is 1. The van der Waals surface area contributed by atoms with Crippen LogP contribution in [0.5, 0.6) is 11.5 Å². The third-order valence-electron chi connectivity index (χ3n) is 4.72. The van der Waals surface area contributed by atoms with Crippen LogP contribution in [0.3, 0.4) is 0 Å². The van der Waals surface area contributed by atoms with Crippen molar-refractivity contribution in [1.82, 2.24) is 5.32 Å². The van der Waals surface area contributed by atoms with E-state index in [1.807, 2.05) is 0 Å². The van der Waals surface area contributed by atoms with Gasteiger partial charge in [0.15, 0.2) is 11.5 Å². The van der Waals surface area contributed by atoms with Gasteiger partial charge in [0, 0.05) is 34.7 Å². The second kappa shape index (κ2) is 10.6. The minimum Gasteiger partial charge on any atom is -0.486 e. The number of carbonyl (C=O) groups excluding carboxylic acids is 1. The summed E-state index contributed by atoms with van der Waals surface area (Å²) in [6.45, 7) is 2.58. The van der Waals surface area contributed by atoms with Gasteiger partial charge in [-0.25, -0.2) is 12.8 Å². The van der Waals surface area contributed by atoms with E-state index in [2.05, 4.69) is 5.32 Å². The summed E-state index contributed by atoms with van der Waals surface area (Å²) >= 11 is 7.42. The van der Waals surface area contributed by atoms with Crippen molar-refractivity contribution in [2.24, 2.45) is 0 Å². The molecular formula is C21H24ClFN2O5S2. The fraction of sp³-hybridized carbons (Fsp3) is 0.381. The maximum absolute atomic E-state index is 13.8. The van der Waals surface area contributed by atoms with Gasteiger partial charge < -0.3 is 14.8 Å². The number of hydrogen-bond acceptors (Lipinski definition) is 6. The highest BCUT2D eigenvalue weighted by molar-refractivity contribution is 7.98. The van der Waals surface area contributed by atoms with Gasteiger partial charge in [-0.1, -0.05) is 17.7 Å². The molecule has 0 unspecified atom stereocenters. The molecule has 1 aliphatic rings. The molecule has 7 nitrogen and oxygen atoms in total. The molecule has 3 rings (SSSR count). The third-order valence-corrected chi connectivity index (χ3v) is 7.30. The molecule has 11 heteroatoms. The van der Waals surface area contributed by atoms with Crippen LogP contribution >= 0.6 is 23.4 Å². The molecule has 0 fully saturated rings. The third kappa shape index (κ3) is 5.99. The monoisotopic (exact) mass is 502 g/mol. The normalized spacial score (nSPS) is 14.0. The van der Waals surface area contributed by atoms with Gasteiger partial charge in [-0.15, -0.1) is 0 Å². The summed E-state index contributed by atoms with van der Waals surface area (Å²) in [5, 5.41) is 3.09. The molecule has 0 aromatic heterocycles. The average molecular weight is 503 g/mol. The standard InChI is InChI=1S/C21H24ClFN2O5S2/c1-14(21(26)24-8-11-31-13-16-17(22)4-3-5-18(16)23)25(32(2,27)28)15-6-7-19-20(12-15)30-10-9-29-19/h3-7,12,14H,8-11,13H2,1-2H3,(H,24,26)/t14-/m0/s1. The van der Waals surface area contributed by atoms with Crippen LogP contribution in [0, 0.1) is 5.82 Å². The number of carbonyl (C=O) groups is 1. The van der Waals surface area contributed by atoms with Crippen LogP contribution in [0.15, 0.2) is 36.4 Å². The van der Waals surface area contributed by atoms with Crippen molar-refractivity contribution in [1.29, 1.82) is 0 Å². The summed E-state index contributed by atoms with van der Waals surface area (Å²) in [6, 6.07) is 8.28. The fourth-order valence-electron chi connectivity index (χ4n) is 3.22. The van der Waals surface area contributed by atoms with E-state index < -0.39 is 22.0 Å². The lowest BCUT2D eigenvalue weighted by molar-refractivity contribution is -0.121. The summed E-state index contributed by atoms with van der Waals surface area (Å²) in [5.41, 5.74) is 0.726. The molecule has 0 spiro atoms. The number of fused-ring (bicyclic) bond motifs is 1. The van der Waals surface area contributed by atoms with Gasteiger partial charge in [-0.2, -0.15) is 11.8 Å². The molecule has 0 aliphatic carbocycles. The Morgan fingerprint density at radius 1 is 1.25 bits per heavy atom. The number of nitrogens with zero attached hydrogens (tertiary/aromatic N) is 1. The maximum atomic E-state index is 13.8. The zero-order valence-electron chi connectivity index (χ0n) is 17.6. The molecule has 0 saturated carbocycles. The predicted octanol–water partition coefficient (Wildman–Crippen LogP) is 3.45. The maximum Gasteiger partial charge on any atom is 0.243 e. The largest absolute Gasteiger partial charge is 0.486 e. The highest BCUT2D eigenvalue weighted by atomic mass is 35.5. The van der Waals surface area contributed by atoms with Gasteiger partial charge in [-0.05, 0) is 31.2 Å². The number of benzene rings is 2. The van der Waals surface area contributed by atoms with Crippen LogP contribution in [0.4, 0.5) is 10.1 Å². The number of thioether (sulfide) groups is 1. The lowest BCUT2D eigenvalue weighted by atomic mass is 10.2. The Bertz CT molecular complexity index is 1060. The minimum atomic E-state index is -3.75. The van der Waals surface area contributed by atoms with Gasteiger partial charge in [0.25, 0.3) is 0 Å². The molecule has 1 aliphatic heterocycles. The van der Waals surface area contributed by atoms with E-state index in [0.717, 1.165) is 10.6 Å². The van der Waals surface area contributed by atoms with Crippen LogP contribution in [0.1, 0.15) is 12.5 Å². The molecule has 2 aromatic rings. The van der Waals surface area contributed by atoms with Crippen molar-refractivity contribution in [2.45, 2.75) is 18.7 Å². The molecule has 0 bridgehead atoms. The van der Waals surface area contributed by atoms with Crippen molar-refractivity contribution in [2.75, 3.05) is 36.1 Å². The van der Waals surface area contributed by atoms with Gasteiger partial charge in [-0.3, -0.25) is 9.10 Å². The number of hydrogen-bond donors (Lipinski definition) is 1. The zero-order valence-corrected chi connectivity index (χ0v) is 20.0. The second-order valence-corrected chi connectivity index (χ2v) is 10.5. The van der Waals surface area contributed by atoms with Gasteiger partial charge in [0.2, 0.25) is 15.9 Å². The number of nitrogens with one attached hydrogen (secondary N) is 1. The number of halogens is 2. The molecule has 1 atom stereocenters. The predicted molar refractivity (Wildman–Crippen MR) is 125 cm³/mol. The van der Waals surface area contributed by atoms with Gasteiger partial charge in [0.05, 0.1) is 11.9 Å². The molecule has 1 N–H and O–H groups in total. The Morgan fingerprint density at radius 2 is 1.97 bits per heavy atom. The summed E-state index contributed by atoms with van der Waals surface area (Å²) in [5.74, 6) is 1.01. The van der Waals surface area contributed by atoms with E-state index in [4.69, 9.17) is 21.1 Å². The van der Waals surface area contributed by atoms with E-state index in [9.17, 15) is 17.6 Å². The van der Waals surface area contributed by atoms with E-state index in [0.29, 0.717) is 59.0 Å². The molecule has 2 aromatic carbocycles. The second-order valence-electron chi connectivity index (χ2n) is 7.11. The van der Waals surface area contributed by atoms with Crippen LogP contribution < -0.4 is 19.1 Å². The molecule has 0 radical (unpaired) electrons. The van der Waals surface area contributed by atoms with Crippen LogP contribution in [-0.4, -0.2) is 52.1 Å². The number of rotatable bonds is 9. The SMILES string of the molecule is C[C@@H](C(=O)NCCSCc1c(F)cccc1Cl)N(c1ccc2c(c1)OCCO2)S(C)(=O)=O. The van der Waals surface area contributed by atoms with Crippen molar-refractivity contribution in [3.8, 4) is 11.5 Å². The van der Waals surface area contributed by atoms with Gasteiger partial charge in [0.1, 0.15) is 25.1 Å². The van der Waals surface area contributed by atoms with Crippen molar-refractivity contribution in [3.05, 3.63) is 52.8 Å². The molecule has 32 heavy (non-hydrogen) atoms. The smallest absolute Gasteiger partial charge is 0.243 e. The quantitative estimate of drug-likeness (QED) is 0.529. The van der Waals surface area contributed by atoms with E-state index in [-0.39, 0.29) is 5.82 Å². The highest BCUT2D eigenvalue weighted by Gasteiger charge is 2.30. The first kappa shape index (κ1) is 24.5. The Kier molecular flexibility index (Phi) is 8.13. The topological polar surface area (TPSA) is 84.9 Å². The van der Waals surface area contributed by atoms with Crippen molar-refractivity contribution in [3.63, 3.8) is 0 Å². The number of sulfonamides is 1. The molecule has 1 amide bonds. The summed E-state index contributed by atoms with van der Waals surface area (Å²) < 4.78 is 50.8. The Labute approximate surface area is 196 Å². The lowest BCUT2D eigenvalue weighted by Gasteiger charge is -2.29. The first-order chi connectivity index (χ1) is 15.2. The van der Waals surface area contributed by atoms with Gasteiger partial charge >= 0.3 is 0 Å². The van der Waals surface area contributed by atoms with Crippen molar-refractivity contribution < 1.29 is 27.1 Å². The molecule has 1 heterocycles. The van der Waals surface area contributed by atoms with E-state index in [1.165, 1.54) is 24.8 Å². The Balaban J connectivity index is 1.59. The molecular weight excluding hydrogens is 479 g/mol. The summed E-state index contributed by atoms with van der Waals surface area (Å²) in [4.78, 5) is 12.7. The number of ether oxygens (including phenoxy) is 2. The van der Waals surface area contributed by atoms with Crippen molar-refractivity contribution >= 4 is 45.0 Å². The first-order valence-electron chi connectivity index (χ1n) is 9.86.